The van der Waals surface area contributed by atoms with E-state index in [4.69, 9.17) is 0 Å². The number of hydrogen-bond donors (Lipinski definition) is 0. The number of rotatable bonds is 5. The number of carbonyl (C=O) groups is 2. The first-order chi connectivity index (χ1) is 13.8. The predicted octanol–water partition coefficient (Wildman–Crippen LogP) is 3.40. The summed E-state index contributed by atoms with van der Waals surface area (Å²) in [6, 6.07) is 13.7. The van der Waals surface area contributed by atoms with Crippen LogP contribution in [-0.4, -0.2) is 55.8 Å². The van der Waals surface area contributed by atoms with E-state index in [0.29, 0.717) is 25.2 Å². The SMILES string of the molecule is CN(Cc1ccc(N(C)C)cc1)C(=O)C1CCCN(C(=O)c2ccc(F)cc2)C1. The summed E-state index contributed by atoms with van der Waals surface area (Å²) >= 11 is 0. The second kappa shape index (κ2) is 9.07. The van der Waals surface area contributed by atoms with Gasteiger partial charge in [0, 0.05) is 52.0 Å². The molecule has 0 spiro atoms. The molecule has 0 radical (unpaired) electrons. The van der Waals surface area contributed by atoms with E-state index in [1.54, 1.807) is 9.80 Å². The van der Waals surface area contributed by atoms with Crippen molar-refractivity contribution >= 4 is 17.5 Å². The number of benzene rings is 2. The molecule has 0 saturated carbocycles. The normalized spacial score (nSPS) is 16.4. The molecule has 0 aromatic heterocycles. The second-order valence-electron chi connectivity index (χ2n) is 7.85. The Balaban J connectivity index is 1.61. The summed E-state index contributed by atoms with van der Waals surface area (Å²) < 4.78 is 13.1. The molecule has 154 valence electrons. The summed E-state index contributed by atoms with van der Waals surface area (Å²) in [6.07, 6.45) is 1.56. The highest BCUT2D eigenvalue weighted by molar-refractivity contribution is 5.94. The summed E-state index contributed by atoms with van der Waals surface area (Å²) in [6.45, 7) is 1.56. The van der Waals surface area contributed by atoms with Gasteiger partial charge < -0.3 is 14.7 Å². The molecule has 0 aliphatic carbocycles. The van der Waals surface area contributed by atoms with E-state index in [0.717, 1.165) is 24.1 Å². The van der Waals surface area contributed by atoms with E-state index < -0.39 is 0 Å². The van der Waals surface area contributed by atoms with Crippen LogP contribution in [0.1, 0.15) is 28.8 Å². The highest BCUT2D eigenvalue weighted by Crippen LogP contribution is 2.22. The lowest BCUT2D eigenvalue weighted by Crippen LogP contribution is -2.45. The lowest BCUT2D eigenvalue weighted by atomic mass is 9.95. The fourth-order valence-electron chi connectivity index (χ4n) is 3.70. The Morgan fingerprint density at radius 1 is 1.03 bits per heavy atom. The van der Waals surface area contributed by atoms with E-state index in [-0.39, 0.29) is 23.5 Å². The Labute approximate surface area is 171 Å². The summed E-state index contributed by atoms with van der Waals surface area (Å²) in [5.74, 6) is -0.671. The summed E-state index contributed by atoms with van der Waals surface area (Å²) in [5.41, 5.74) is 2.64. The Bertz CT molecular complexity index is 849. The molecular formula is C23H28FN3O2. The third-order valence-corrected chi connectivity index (χ3v) is 5.40. The lowest BCUT2D eigenvalue weighted by molar-refractivity contribution is -0.136. The van der Waals surface area contributed by atoms with Gasteiger partial charge in [-0.3, -0.25) is 9.59 Å². The molecule has 1 aliphatic heterocycles. The van der Waals surface area contributed by atoms with Crippen LogP contribution >= 0.6 is 0 Å². The molecule has 0 bridgehead atoms. The largest absolute Gasteiger partial charge is 0.378 e. The van der Waals surface area contributed by atoms with Crippen molar-refractivity contribution in [2.45, 2.75) is 19.4 Å². The number of piperidine rings is 1. The van der Waals surface area contributed by atoms with Gasteiger partial charge in [-0.25, -0.2) is 4.39 Å². The first-order valence-electron chi connectivity index (χ1n) is 9.91. The van der Waals surface area contributed by atoms with Crippen molar-refractivity contribution < 1.29 is 14.0 Å². The average molecular weight is 397 g/mol. The Morgan fingerprint density at radius 3 is 2.31 bits per heavy atom. The third-order valence-electron chi connectivity index (χ3n) is 5.40. The van der Waals surface area contributed by atoms with Crippen LogP contribution in [0.15, 0.2) is 48.5 Å². The van der Waals surface area contributed by atoms with Crippen LogP contribution in [0.2, 0.25) is 0 Å². The fraction of sp³-hybridized carbons (Fsp3) is 0.391. The van der Waals surface area contributed by atoms with Gasteiger partial charge in [-0.1, -0.05) is 12.1 Å². The van der Waals surface area contributed by atoms with Crippen molar-refractivity contribution in [3.8, 4) is 0 Å². The van der Waals surface area contributed by atoms with Gasteiger partial charge in [-0.05, 0) is 54.8 Å². The zero-order valence-corrected chi connectivity index (χ0v) is 17.3. The molecule has 1 atom stereocenters. The third kappa shape index (κ3) is 5.13. The van der Waals surface area contributed by atoms with Gasteiger partial charge in [0.25, 0.3) is 5.91 Å². The van der Waals surface area contributed by atoms with Gasteiger partial charge in [-0.2, -0.15) is 0 Å². The number of halogens is 1. The molecule has 2 aromatic rings. The van der Waals surface area contributed by atoms with Crippen molar-refractivity contribution in [1.29, 1.82) is 0 Å². The van der Waals surface area contributed by atoms with Crippen molar-refractivity contribution in [3.63, 3.8) is 0 Å². The molecule has 5 nitrogen and oxygen atoms in total. The van der Waals surface area contributed by atoms with E-state index in [1.807, 2.05) is 50.3 Å². The van der Waals surface area contributed by atoms with Crippen molar-refractivity contribution in [2.75, 3.05) is 39.1 Å². The fourth-order valence-corrected chi connectivity index (χ4v) is 3.70. The number of carbonyl (C=O) groups excluding carboxylic acids is 2. The Morgan fingerprint density at radius 2 is 1.69 bits per heavy atom. The quantitative estimate of drug-likeness (QED) is 0.777. The minimum absolute atomic E-state index is 0.0540. The number of hydrogen-bond acceptors (Lipinski definition) is 3. The minimum Gasteiger partial charge on any atom is -0.378 e. The van der Waals surface area contributed by atoms with Gasteiger partial charge in [0.1, 0.15) is 5.82 Å². The zero-order chi connectivity index (χ0) is 21.0. The molecule has 1 unspecified atom stereocenters. The monoisotopic (exact) mass is 397 g/mol. The standard InChI is InChI=1S/C23H28FN3O2/c1-25(2)21-12-6-17(7-13-21)15-26(3)22(28)19-5-4-14-27(16-19)23(29)18-8-10-20(24)11-9-18/h6-13,19H,4-5,14-16H2,1-3H3. The van der Waals surface area contributed by atoms with Crippen molar-refractivity contribution in [3.05, 3.63) is 65.5 Å². The van der Waals surface area contributed by atoms with Crippen LogP contribution in [0.25, 0.3) is 0 Å². The minimum atomic E-state index is -0.367. The molecular weight excluding hydrogens is 369 g/mol. The first-order valence-corrected chi connectivity index (χ1v) is 9.91. The molecule has 1 saturated heterocycles. The van der Waals surface area contributed by atoms with E-state index >= 15 is 0 Å². The molecule has 2 aromatic carbocycles. The van der Waals surface area contributed by atoms with Crippen LogP contribution < -0.4 is 4.90 Å². The van der Waals surface area contributed by atoms with Gasteiger partial charge >= 0.3 is 0 Å². The summed E-state index contributed by atoms with van der Waals surface area (Å²) in [4.78, 5) is 31.1. The highest BCUT2D eigenvalue weighted by Gasteiger charge is 2.30. The van der Waals surface area contributed by atoms with E-state index in [2.05, 4.69) is 0 Å². The predicted molar refractivity (Wildman–Crippen MR) is 112 cm³/mol. The number of amides is 2. The van der Waals surface area contributed by atoms with Crippen LogP contribution in [0.4, 0.5) is 10.1 Å². The molecule has 1 fully saturated rings. The topological polar surface area (TPSA) is 43.9 Å². The molecule has 0 N–H and O–H groups in total. The summed E-state index contributed by atoms with van der Waals surface area (Å²) in [7, 11) is 5.79. The molecule has 1 heterocycles. The zero-order valence-electron chi connectivity index (χ0n) is 17.3. The van der Waals surface area contributed by atoms with Crippen LogP contribution in [0.3, 0.4) is 0 Å². The lowest BCUT2D eigenvalue weighted by Gasteiger charge is -2.34. The second-order valence-corrected chi connectivity index (χ2v) is 7.85. The van der Waals surface area contributed by atoms with Gasteiger partial charge in [-0.15, -0.1) is 0 Å². The number of nitrogens with zero attached hydrogens (tertiary/aromatic N) is 3. The molecule has 6 heteroatoms. The van der Waals surface area contributed by atoms with Crippen molar-refractivity contribution in [2.24, 2.45) is 5.92 Å². The maximum Gasteiger partial charge on any atom is 0.253 e. The van der Waals surface area contributed by atoms with E-state index in [9.17, 15) is 14.0 Å². The maximum absolute atomic E-state index is 13.1. The van der Waals surface area contributed by atoms with Gasteiger partial charge in [0.15, 0.2) is 0 Å². The van der Waals surface area contributed by atoms with Crippen LogP contribution in [0, 0.1) is 11.7 Å². The van der Waals surface area contributed by atoms with Gasteiger partial charge in [0.05, 0.1) is 5.92 Å². The van der Waals surface area contributed by atoms with Crippen LogP contribution in [-0.2, 0) is 11.3 Å². The molecule has 29 heavy (non-hydrogen) atoms. The number of likely N-dealkylation sites (tertiary alicyclic amines) is 1. The summed E-state index contributed by atoms with van der Waals surface area (Å²) in [5, 5.41) is 0. The first kappa shape index (κ1) is 20.8. The van der Waals surface area contributed by atoms with Crippen LogP contribution in [0.5, 0.6) is 0 Å². The van der Waals surface area contributed by atoms with Gasteiger partial charge in [0.2, 0.25) is 5.91 Å². The number of anilines is 1. The molecule has 3 rings (SSSR count). The maximum atomic E-state index is 13.1. The van der Waals surface area contributed by atoms with E-state index in [1.165, 1.54) is 24.3 Å². The van der Waals surface area contributed by atoms with Crippen molar-refractivity contribution in [1.82, 2.24) is 9.80 Å². The smallest absolute Gasteiger partial charge is 0.253 e. The Hall–Kier alpha value is -2.89. The molecule has 2 amide bonds. The molecule has 1 aliphatic rings. The average Bonchev–Trinajstić information content (AvgIpc) is 2.73. The Kier molecular flexibility index (Phi) is 6.52. The highest BCUT2D eigenvalue weighted by atomic mass is 19.1.